The number of hydrogen-bond donors (Lipinski definition) is 1. The first-order chi connectivity index (χ1) is 6.77. The molecule has 1 fully saturated rings. The largest absolute Gasteiger partial charge is 0.336 e. The fraction of sp³-hybridized carbons (Fsp3) is 0.500. The van der Waals surface area contributed by atoms with Crippen LogP contribution in [0, 0.1) is 0 Å². The van der Waals surface area contributed by atoms with Crippen LogP contribution in [0.3, 0.4) is 0 Å². The Balaban J connectivity index is 2.04. The van der Waals surface area contributed by atoms with Gasteiger partial charge < -0.3 is 10.2 Å². The molecule has 1 saturated heterocycles. The van der Waals surface area contributed by atoms with Crippen LogP contribution in [0.2, 0.25) is 0 Å². The molecule has 0 unspecified atom stereocenters. The van der Waals surface area contributed by atoms with Gasteiger partial charge in [-0.15, -0.1) is 0 Å². The average Bonchev–Trinajstić information content (AvgIpc) is 2.69. The lowest BCUT2D eigenvalue weighted by molar-refractivity contribution is 0.0709. The van der Waals surface area contributed by atoms with Gasteiger partial charge >= 0.3 is 0 Å². The number of nitrogens with zero attached hydrogens (tertiary/aromatic N) is 1. The standard InChI is InChI=1S/C10H14N2OS/c1-8-6-12(4-3-11-8)10(13)9-2-5-14-7-9/h2,5,7-8,11H,3-4,6H2,1H3/t8-/m0/s1. The normalized spacial score (nSPS) is 22.4. The van der Waals surface area contributed by atoms with Gasteiger partial charge in [0.05, 0.1) is 5.56 Å². The number of carbonyl (C=O) groups excluding carboxylic acids is 1. The topological polar surface area (TPSA) is 32.3 Å². The monoisotopic (exact) mass is 210 g/mol. The molecule has 3 nitrogen and oxygen atoms in total. The van der Waals surface area contributed by atoms with Gasteiger partial charge in [-0.2, -0.15) is 11.3 Å². The molecule has 0 spiro atoms. The Kier molecular flexibility index (Phi) is 2.84. The lowest BCUT2D eigenvalue weighted by Gasteiger charge is -2.31. The fourth-order valence-electron chi connectivity index (χ4n) is 1.69. The van der Waals surface area contributed by atoms with E-state index in [4.69, 9.17) is 0 Å². The van der Waals surface area contributed by atoms with Crippen molar-refractivity contribution in [3.8, 4) is 0 Å². The molecule has 1 N–H and O–H groups in total. The van der Waals surface area contributed by atoms with Crippen LogP contribution in [0.15, 0.2) is 16.8 Å². The highest BCUT2D eigenvalue weighted by atomic mass is 32.1. The first kappa shape index (κ1) is 9.68. The maximum atomic E-state index is 11.9. The van der Waals surface area contributed by atoms with Crippen molar-refractivity contribution in [3.63, 3.8) is 0 Å². The van der Waals surface area contributed by atoms with Gasteiger partial charge in [-0.3, -0.25) is 4.79 Å². The number of rotatable bonds is 1. The van der Waals surface area contributed by atoms with E-state index in [-0.39, 0.29) is 5.91 Å². The first-order valence-corrected chi connectivity index (χ1v) is 5.76. The van der Waals surface area contributed by atoms with Crippen molar-refractivity contribution in [1.82, 2.24) is 10.2 Å². The number of nitrogens with one attached hydrogen (secondary N) is 1. The van der Waals surface area contributed by atoms with E-state index in [9.17, 15) is 4.79 Å². The summed E-state index contributed by atoms with van der Waals surface area (Å²) in [6.07, 6.45) is 0. The maximum Gasteiger partial charge on any atom is 0.254 e. The molecular formula is C10H14N2OS. The molecule has 14 heavy (non-hydrogen) atoms. The van der Waals surface area contributed by atoms with E-state index in [1.807, 2.05) is 21.7 Å². The van der Waals surface area contributed by atoms with E-state index in [2.05, 4.69) is 12.2 Å². The molecule has 2 rings (SSSR count). The highest BCUT2D eigenvalue weighted by Crippen LogP contribution is 2.11. The van der Waals surface area contributed by atoms with Crippen LogP contribution < -0.4 is 5.32 Å². The van der Waals surface area contributed by atoms with Crippen LogP contribution in [-0.4, -0.2) is 36.5 Å². The molecule has 1 aromatic heterocycles. The predicted molar refractivity (Wildman–Crippen MR) is 57.7 cm³/mol. The summed E-state index contributed by atoms with van der Waals surface area (Å²) < 4.78 is 0. The van der Waals surface area contributed by atoms with E-state index < -0.39 is 0 Å². The molecule has 0 aromatic carbocycles. The van der Waals surface area contributed by atoms with Gasteiger partial charge in [0.25, 0.3) is 5.91 Å². The molecule has 4 heteroatoms. The summed E-state index contributed by atoms with van der Waals surface area (Å²) in [6.45, 7) is 4.64. The molecule has 1 aromatic rings. The predicted octanol–water partition coefficient (Wildman–Crippen LogP) is 1.18. The molecule has 76 valence electrons. The Labute approximate surface area is 87.7 Å². The molecule has 1 aliphatic heterocycles. The van der Waals surface area contributed by atoms with Crippen molar-refractivity contribution >= 4 is 17.2 Å². The van der Waals surface area contributed by atoms with E-state index in [1.165, 1.54) is 0 Å². The first-order valence-electron chi connectivity index (χ1n) is 4.82. The SMILES string of the molecule is C[C@H]1CN(C(=O)c2ccsc2)CCN1. The summed E-state index contributed by atoms with van der Waals surface area (Å²) in [6, 6.07) is 2.30. The van der Waals surface area contributed by atoms with Crippen molar-refractivity contribution < 1.29 is 4.79 Å². The second-order valence-corrected chi connectivity index (χ2v) is 4.40. The zero-order valence-corrected chi connectivity index (χ0v) is 9.01. The molecule has 0 saturated carbocycles. The van der Waals surface area contributed by atoms with Crippen LogP contribution in [0.1, 0.15) is 17.3 Å². The number of thiophene rings is 1. The Bertz CT molecular complexity index is 310. The van der Waals surface area contributed by atoms with Gasteiger partial charge in [-0.05, 0) is 18.4 Å². The number of carbonyl (C=O) groups is 1. The van der Waals surface area contributed by atoms with Crippen LogP contribution in [0.25, 0.3) is 0 Å². The Morgan fingerprint density at radius 2 is 2.57 bits per heavy atom. The molecule has 0 aliphatic carbocycles. The van der Waals surface area contributed by atoms with Crippen molar-refractivity contribution in [1.29, 1.82) is 0 Å². The fourth-order valence-corrected chi connectivity index (χ4v) is 2.32. The minimum atomic E-state index is 0.166. The third kappa shape index (κ3) is 1.96. The van der Waals surface area contributed by atoms with Crippen molar-refractivity contribution in [3.05, 3.63) is 22.4 Å². The molecule has 2 heterocycles. The molecule has 0 bridgehead atoms. The highest BCUT2D eigenvalue weighted by molar-refractivity contribution is 7.08. The van der Waals surface area contributed by atoms with Gasteiger partial charge in [0.2, 0.25) is 0 Å². The summed E-state index contributed by atoms with van der Waals surface area (Å²) in [5, 5.41) is 7.18. The minimum Gasteiger partial charge on any atom is -0.336 e. The molecule has 1 amide bonds. The molecule has 1 aliphatic rings. The van der Waals surface area contributed by atoms with Gasteiger partial charge in [0.15, 0.2) is 0 Å². The zero-order chi connectivity index (χ0) is 9.97. The molecule has 0 radical (unpaired) electrons. The lowest BCUT2D eigenvalue weighted by Crippen LogP contribution is -2.51. The van der Waals surface area contributed by atoms with Crippen LogP contribution in [0.4, 0.5) is 0 Å². The quantitative estimate of drug-likeness (QED) is 0.755. The second kappa shape index (κ2) is 4.11. The summed E-state index contributed by atoms with van der Waals surface area (Å²) in [7, 11) is 0. The smallest absolute Gasteiger partial charge is 0.254 e. The van der Waals surface area contributed by atoms with Crippen molar-refractivity contribution in [2.75, 3.05) is 19.6 Å². The van der Waals surface area contributed by atoms with Gasteiger partial charge in [0, 0.05) is 31.1 Å². The van der Waals surface area contributed by atoms with Crippen molar-refractivity contribution in [2.24, 2.45) is 0 Å². The zero-order valence-electron chi connectivity index (χ0n) is 8.19. The Hall–Kier alpha value is -0.870. The average molecular weight is 210 g/mol. The van der Waals surface area contributed by atoms with Gasteiger partial charge in [0.1, 0.15) is 0 Å². The Morgan fingerprint density at radius 1 is 1.71 bits per heavy atom. The van der Waals surface area contributed by atoms with E-state index in [0.29, 0.717) is 6.04 Å². The minimum absolute atomic E-state index is 0.166. The van der Waals surface area contributed by atoms with Crippen LogP contribution in [-0.2, 0) is 0 Å². The summed E-state index contributed by atoms with van der Waals surface area (Å²) in [5.74, 6) is 0.166. The summed E-state index contributed by atoms with van der Waals surface area (Å²) >= 11 is 1.57. The number of piperazine rings is 1. The summed E-state index contributed by atoms with van der Waals surface area (Å²) in [4.78, 5) is 13.8. The highest BCUT2D eigenvalue weighted by Gasteiger charge is 2.21. The van der Waals surface area contributed by atoms with Crippen LogP contribution in [0.5, 0.6) is 0 Å². The van der Waals surface area contributed by atoms with Crippen molar-refractivity contribution in [2.45, 2.75) is 13.0 Å². The molecular weight excluding hydrogens is 196 g/mol. The van der Waals surface area contributed by atoms with Crippen LogP contribution >= 0.6 is 11.3 Å². The number of hydrogen-bond acceptors (Lipinski definition) is 3. The van der Waals surface area contributed by atoms with E-state index >= 15 is 0 Å². The Morgan fingerprint density at radius 3 is 3.21 bits per heavy atom. The second-order valence-electron chi connectivity index (χ2n) is 3.62. The maximum absolute atomic E-state index is 11.9. The third-order valence-corrected chi connectivity index (χ3v) is 3.11. The lowest BCUT2D eigenvalue weighted by atomic mass is 10.2. The molecule has 1 atom stereocenters. The van der Waals surface area contributed by atoms with Gasteiger partial charge in [-0.25, -0.2) is 0 Å². The van der Waals surface area contributed by atoms with E-state index in [0.717, 1.165) is 25.2 Å². The van der Waals surface area contributed by atoms with E-state index in [1.54, 1.807) is 11.3 Å². The third-order valence-electron chi connectivity index (χ3n) is 2.42. The summed E-state index contributed by atoms with van der Waals surface area (Å²) in [5.41, 5.74) is 0.823. The number of amides is 1. The van der Waals surface area contributed by atoms with Gasteiger partial charge in [-0.1, -0.05) is 0 Å².